The molecule has 1 N–H and O–H groups in total. The average molecular weight is 145 g/mol. The Kier molecular flexibility index (Phi) is 1.46. The Balaban J connectivity index is 2.07. The third-order valence-electron chi connectivity index (χ3n) is 2.43. The maximum atomic E-state index is 9.41. The van der Waals surface area contributed by atoms with E-state index < -0.39 is 0 Å². The van der Waals surface area contributed by atoms with Crippen LogP contribution in [0.3, 0.4) is 0 Å². The van der Waals surface area contributed by atoms with E-state index in [2.05, 4.69) is 0 Å². The van der Waals surface area contributed by atoms with Crippen molar-refractivity contribution in [3.8, 4) is 0 Å². The normalized spacial score (nSPS) is 49.7. The van der Waals surface area contributed by atoms with E-state index in [4.69, 9.17) is 0 Å². The topological polar surface area (TPSA) is 20.2 Å². The Bertz CT molecular complexity index is 115. The molecule has 1 nitrogen and oxygen atoms in total. The van der Waals surface area contributed by atoms with E-state index in [-0.39, 0.29) is 6.10 Å². The molecule has 2 heterocycles. The number of aliphatic hydroxyl groups is 1. The highest BCUT2D eigenvalue weighted by molar-refractivity contribution is 7.98. The van der Waals surface area contributed by atoms with E-state index in [1.54, 1.807) is 0 Å². The highest BCUT2D eigenvalue weighted by Gasteiger charge is 2.46. The predicted molar refractivity (Wildman–Crippen MR) is 40.7 cm³/mol. The summed E-state index contributed by atoms with van der Waals surface area (Å²) in [5, 5.41) is 10.1. The van der Waals surface area contributed by atoms with Gasteiger partial charge in [0.15, 0.2) is 0 Å². The molecule has 0 aromatic heterocycles. The summed E-state index contributed by atoms with van der Waals surface area (Å²) in [6.45, 7) is 0. The summed E-state index contributed by atoms with van der Waals surface area (Å²) in [6.07, 6.45) is 3.86. The summed E-state index contributed by atoms with van der Waals surface area (Å²) in [5.74, 6) is 2.74. The molecule has 0 spiro atoms. The summed E-state index contributed by atoms with van der Waals surface area (Å²) in [6, 6.07) is 0. The molecule has 0 bridgehead atoms. The number of hydrogen-bond donors (Lipinski definition) is 1. The molecular formula is C7H13OS+. The van der Waals surface area contributed by atoms with Crippen LogP contribution in [0.1, 0.15) is 19.3 Å². The van der Waals surface area contributed by atoms with Gasteiger partial charge in [-0.1, -0.05) is 0 Å². The van der Waals surface area contributed by atoms with Crippen LogP contribution in [-0.4, -0.2) is 28.0 Å². The van der Waals surface area contributed by atoms with Crippen molar-refractivity contribution in [3.63, 3.8) is 0 Å². The fourth-order valence-electron chi connectivity index (χ4n) is 1.91. The first-order chi connectivity index (χ1) is 4.38. The van der Waals surface area contributed by atoms with Crippen LogP contribution in [0.15, 0.2) is 0 Å². The molecule has 0 saturated carbocycles. The summed E-state index contributed by atoms with van der Waals surface area (Å²) >= 11 is 0. The Labute approximate surface area is 58.8 Å². The Hall–Kier alpha value is 0.310. The second kappa shape index (κ2) is 2.17. The van der Waals surface area contributed by atoms with Gasteiger partial charge in [0, 0.05) is 12.8 Å². The predicted octanol–water partition coefficient (Wildman–Crippen LogP) is 0.532. The van der Waals surface area contributed by atoms with Crippen LogP contribution in [-0.2, 0) is 10.9 Å². The zero-order chi connectivity index (χ0) is 6.27. The van der Waals surface area contributed by atoms with Crippen LogP contribution in [0.4, 0.5) is 0 Å². The zero-order valence-electron chi connectivity index (χ0n) is 5.55. The molecule has 2 aliphatic rings. The summed E-state index contributed by atoms with van der Waals surface area (Å²) in [5.41, 5.74) is 0. The highest BCUT2D eigenvalue weighted by Crippen LogP contribution is 2.32. The van der Waals surface area contributed by atoms with Gasteiger partial charge in [0.25, 0.3) is 0 Å². The minimum absolute atomic E-state index is 0.0795. The quantitative estimate of drug-likeness (QED) is 0.493. The summed E-state index contributed by atoms with van der Waals surface area (Å²) in [7, 11) is 0.652. The Morgan fingerprint density at radius 2 is 2.11 bits per heavy atom. The van der Waals surface area contributed by atoms with Crippen molar-refractivity contribution >= 4 is 10.9 Å². The van der Waals surface area contributed by atoms with Crippen molar-refractivity contribution in [3.05, 3.63) is 0 Å². The monoisotopic (exact) mass is 145 g/mol. The number of rotatable bonds is 0. The fraction of sp³-hybridized carbons (Fsp3) is 1.00. The standard InChI is InChI=1S/C7H13OS/c8-6-3-5-9-4-1-2-7(6)9/h6-8H,1-5H2/q+1/t6-,7+,9?/m0/s1. The number of aliphatic hydroxyl groups excluding tert-OH is 1. The second-order valence-electron chi connectivity index (χ2n) is 2.98. The number of fused-ring (bicyclic) bond motifs is 1. The van der Waals surface area contributed by atoms with Gasteiger partial charge in [-0.25, -0.2) is 0 Å². The van der Waals surface area contributed by atoms with Gasteiger partial charge in [0.1, 0.15) is 22.9 Å². The highest BCUT2D eigenvalue weighted by atomic mass is 32.2. The van der Waals surface area contributed by atoms with Gasteiger partial charge in [-0.05, 0) is 17.3 Å². The van der Waals surface area contributed by atoms with E-state index >= 15 is 0 Å². The van der Waals surface area contributed by atoms with Gasteiger partial charge in [-0.15, -0.1) is 0 Å². The first-order valence-corrected chi connectivity index (χ1v) is 5.35. The first kappa shape index (κ1) is 6.05. The van der Waals surface area contributed by atoms with Gasteiger partial charge in [0.05, 0.1) is 0 Å². The molecular weight excluding hydrogens is 132 g/mol. The lowest BCUT2D eigenvalue weighted by atomic mass is 10.1. The van der Waals surface area contributed by atoms with Crippen molar-refractivity contribution in [1.82, 2.24) is 0 Å². The Morgan fingerprint density at radius 1 is 1.22 bits per heavy atom. The molecule has 52 valence electrons. The smallest absolute Gasteiger partial charge is 0.144 e. The van der Waals surface area contributed by atoms with Gasteiger partial charge in [-0.2, -0.15) is 0 Å². The lowest BCUT2D eigenvalue weighted by Gasteiger charge is -2.02. The molecule has 2 saturated heterocycles. The van der Waals surface area contributed by atoms with Crippen molar-refractivity contribution < 1.29 is 5.11 Å². The second-order valence-corrected chi connectivity index (χ2v) is 5.48. The number of hydrogen-bond acceptors (Lipinski definition) is 1. The molecule has 1 unspecified atom stereocenters. The van der Waals surface area contributed by atoms with Crippen LogP contribution < -0.4 is 0 Å². The summed E-state index contributed by atoms with van der Waals surface area (Å²) in [4.78, 5) is 0. The molecule has 0 radical (unpaired) electrons. The molecule has 0 amide bonds. The molecule has 0 aromatic rings. The minimum Gasteiger partial charge on any atom is -0.388 e. The van der Waals surface area contributed by atoms with E-state index in [1.807, 2.05) is 0 Å². The molecule has 9 heavy (non-hydrogen) atoms. The Morgan fingerprint density at radius 3 is 2.89 bits per heavy atom. The van der Waals surface area contributed by atoms with Gasteiger partial charge < -0.3 is 5.11 Å². The molecule has 0 aromatic carbocycles. The summed E-state index contributed by atoms with van der Waals surface area (Å²) < 4.78 is 0. The maximum absolute atomic E-state index is 9.41. The molecule has 3 atom stereocenters. The lowest BCUT2D eigenvalue weighted by Crippen LogP contribution is -2.21. The third kappa shape index (κ3) is 0.887. The van der Waals surface area contributed by atoms with E-state index in [0.29, 0.717) is 10.9 Å². The maximum Gasteiger partial charge on any atom is 0.144 e. The molecule has 2 aliphatic heterocycles. The van der Waals surface area contributed by atoms with Gasteiger partial charge in [0.2, 0.25) is 0 Å². The van der Waals surface area contributed by atoms with E-state index in [0.717, 1.165) is 11.7 Å². The first-order valence-electron chi connectivity index (χ1n) is 3.72. The zero-order valence-corrected chi connectivity index (χ0v) is 6.36. The largest absolute Gasteiger partial charge is 0.388 e. The molecule has 2 fully saturated rings. The van der Waals surface area contributed by atoms with Crippen molar-refractivity contribution in [2.75, 3.05) is 11.5 Å². The van der Waals surface area contributed by atoms with Crippen LogP contribution in [0.2, 0.25) is 0 Å². The SMILES string of the molecule is O[C@H]1CC[S+]2CCC[C@H]12. The van der Waals surface area contributed by atoms with Crippen LogP contribution in [0.5, 0.6) is 0 Å². The molecule has 0 aliphatic carbocycles. The molecule has 2 heteroatoms. The van der Waals surface area contributed by atoms with Crippen molar-refractivity contribution in [1.29, 1.82) is 0 Å². The minimum atomic E-state index is 0.0795. The van der Waals surface area contributed by atoms with E-state index in [9.17, 15) is 5.11 Å². The van der Waals surface area contributed by atoms with Gasteiger partial charge in [-0.3, -0.25) is 0 Å². The van der Waals surface area contributed by atoms with Crippen LogP contribution >= 0.6 is 0 Å². The van der Waals surface area contributed by atoms with Crippen LogP contribution in [0, 0.1) is 0 Å². The van der Waals surface area contributed by atoms with Crippen molar-refractivity contribution in [2.45, 2.75) is 30.6 Å². The third-order valence-corrected chi connectivity index (χ3v) is 5.41. The fourth-order valence-corrected chi connectivity index (χ4v) is 4.89. The van der Waals surface area contributed by atoms with Crippen molar-refractivity contribution in [2.24, 2.45) is 0 Å². The lowest BCUT2D eigenvalue weighted by molar-refractivity contribution is 0.173. The molecule has 2 rings (SSSR count). The van der Waals surface area contributed by atoms with Gasteiger partial charge >= 0.3 is 0 Å². The average Bonchev–Trinajstić information content (AvgIpc) is 2.35. The van der Waals surface area contributed by atoms with E-state index in [1.165, 1.54) is 24.3 Å². The van der Waals surface area contributed by atoms with Crippen LogP contribution in [0.25, 0.3) is 0 Å².